The van der Waals surface area contributed by atoms with Crippen molar-refractivity contribution >= 4 is 0 Å². The van der Waals surface area contributed by atoms with Crippen LogP contribution in [-0.4, -0.2) is 30.0 Å². The number of halogens is 3. The fourth-order valence-electron chi connectivity index (χ4n) is 4.17. The third-order valence-corrected chi connectivity index (χ3v) is 5.25. The number of alkyl halides is 3. The Balaban J connectivity index is 1.89. The Bertz CT molecular complexity index is 481. The van der Waals surface area contributed by atoms with E-state index in [1.54, 1.807) is 0 Å². The number of fused-ring (bicyclic) bond motifs is 3. The van der Waals surface area contributed by atoms with Gasteiger partial charge in [0.05, 0.1) is 13.2 Å². The van der Waals surface area contributed by atoms with Crippen LogP contribution in [0.5, 0.6) is 0 Å². The molecule has 0 spiro atoms. The molecule has 5 heteroatoms. The van der Waals surface area contributed by atoms with Crippen molar-refractivity contribution in [2.24, 2.45) is 11.8 Å². The molecule has 0 aromatic heterocycles. The first kappa shape index (κ1) is 14.9. The van der Waals surface area contributed by atoms with E-state index in [9.17, 15) is 18.3 Å². The van der Waals surface area contributed by atoms with Crippen LogP contribution in [0.4, 0.5) is 13.2 Å². The third-order valence-electron chi connectivity index (χ3n) is 5.25. The van der Waals surface area contributed by atoms with E-state index in [1.807, 2.05) is 12.1 Å². The second-order valence-electron chi connectivity index (χ2n) is 6.32. The van der Waals surface area contributed by atoms with Crippen molar-refractivity contribution in [2.75, 3.05) is 13.2 Å². The highest BCUT2D eigenvalue weighted by Crippen LogP contribution is 2.47. The Morgan fingerprint density at radius 2 is 1.62 bits per heavy atom. The van der Waals surface area contributed by atoms with Crippen molar-refractivity contribution in [3.63, 3.8) is 0 Å². The van der Waals surface area contributed by atoms with E-state index in [2.05, 4.69) is 17.4 Å². The second-order valence-corrected chi connectivity index (χ2v) is 6.32. The lowest BCUT2D eigenvalue weighted by Gasteiger charge is -2.39. The summed E-state index contributed by atoms with van der Waals surface area (Å²) in [7, 11) is 0. The molecule has 0 aliphatic heterocycles. The molecule has 116 valence electrons. The highest BCUT2D eigenvalue weighted by atomic mass is 19.4. The number of benzene rings is 1. The van der Waals surface area contributed by atoms with Crippen LogP contribution in [-0.2, 0) is 12.8 Å². The van der Waals surface area contributed by atoms with Crippen LogP contribution in [0, 0.1) is 11.8 Å². The van der Waals surface area contributed by atoms with Crippen molar-refractivity contribution < 1.29 is 18.3 Å². The summed E-state index contributed by atoms with van der Waals surface area (Å²) in [4.78, 5) is 0. The number of aliphatic hydroxyl groups excluding tert-OH is 1. The van der Waals surface area contributed by atoms with E-state index in [1.165, 1.54) is 11.1 Å². The lowest BCUT2D eigenvalue weighted by Crippen LogP contribution is -2.58. The molecular weight excluding hydrogens is 279 g/mol. The number of rotatable bonds is 3. The van der Waals surface area contributed by atoms with Crippen LogP contribution < -0.4 is 5.32 Å². The van der Waals surface area contributed by atoms with Crippen molar-refractivity contribution in [1.82, 2.24) is 5.32 Å². The summed E-state index contributed by atoms with van der Waals surface area (Å²) in [5, 5.41) is 12.6. The quantitative estimate of drug-likeness (QED) is 0.899. The lowest BCUT2D eigenvalue weighted by atomic mass is 9.79. The minimum absolute atomic E-state index is 0.0681. The van der Waals surface area contributed by atoms with E-state index < -0.39 is 18.3 Å². The van der Waals surface area contributed by atoms with Gasteiger partial charge in [0.2, 0.25) is 0 Å². The summed E-state index contributed by atoms with van der Waals surface area (Å²) in [5.41, 5.74) is 1.64. The van der Waals surface area contributed by atoms with Crippen LogP contribution in [0.1, 0.15) is 24.0 Å². The van der Waals surface area contributed by atoms with Crippen molar-refractivity contribution in [3.8, 4) is 0 Å². The van der Waals surface area contributed by atoms with Crippen LogP contribution in [0.2, 0.25) is 0 Å². The highest BCUT2D eigenvalue weighted by molar-refractivity contribution is 5.32. The maximum absolute atomic E-state index is 12.6. The van der Waals surface area contributed by atoms with Gasteiger partial charge in [0.1, 0.15) is 0 Å². The molecule has 0 saturated heterocycles. The molecule has 1 aromatic carbocycles. The Morgan fingerprint density at radius 3 is 2.05 bits per heavy atom. The highest BCUT2D eigenvalue weighted by Gasteiger charge is 2.52. The molecular formula is C16H20F3NO. The van der Waals surface area contributed by atoms with Gasteiger partial charge in [-0.1, -0.05) is 24.3 Å². The van der Waals surface area contributed by atoms with Crippen LogP contribution in [0.25, 0.3) is 0 Å². The average molecular weight is 299 g/mol. The molecule has 2 atom stereocenters. The van der Waals surface area contributed by atoms with Gasteiger partial charge in [-0.2, -0.15) is 13.2 Å². The average Bonchev–Trinajstić information content (AvgIpc) is 2.67. The van der Waals surface area contributed by atoms with Gasteiger partial charge in [-0.15, -0.1) is 0 Å². The van der Waals surface area contributed by atoms with Gasteiger partial charge in [0.15, 0.2) is 0 Å². The Labute approximate surface area is 122 Å². The topological polar surface area (TPSA) is 32.3 Å². The Kier molecular flexibility index (Phi) is 3.74. The van der Waals surface area contributed by atoms with Gasteiger partial charge < -0.3 is 10.4 Å². The number of hydrogen-bond donors (Lipinski definition) is 2. The van der Waals surface area contributed by atoms with Gasteiger partial charge in [-0.05, 0) is 48.6 Å². The fourth-order valence-corrected chi connectivity index (χ4v) is 4.17. The van der Waals surface area contributed by atoms with Gasteiger partial charge in [0.25, 0.3) is 0 Å². The fraction of sp³-hybridized carbons (Fsp3) is 0.625. The van der Waals surface area contributed by atoms with Crippen LogP contribution >= 0.6 is 0 Å². The van der Waals surface area contributed by atoms with Gasteiger partial charge in [0, 0.05) is 5.54 Å². The Hall–Kier alpha value is -1.07. The first-order valence-electron chi connectivity index (χ1n) is 7.44. The summed E-state index contributed by atoms with van der Waals surface area (Å²) in [6.07, 6.45) is -0.994. The number of aliphatic hydroxyl groups is 1. The molecule has 0 radical (unpaired) electrons. The van der Waals surface area contributed by atoms with Crippen molar-refractivity contribution in [1.29, 1.82) is 0 Å². The molecule has 2 bridgehead atoms. The predicted molar refractivity (Wildman–Crippen MR) is 73.9 cm³/mol. The maximum atomic E-state index is 12.6. The summed E-state index contributed by atoms with van der Waals surface area (Å²) < 4.78 is 37.8. The molecule has 3 rings (SSSR count). The standard InChI is InChI=1S/C16H20F3NO/c17-16(18,19)9-20-15(10-21)13-5-6-14(15)8-12-4-2-1-3-11(12)7-13/h1-4,13-14,20-21H,5-10H2. The third kappa shape index (κ3) is 2.69. The summed E-state index contributed by atoms with van der Waals surface area (Å²) >= 11 is 0. The van der Waals surface area contributed by atoms with E-state index in [0.717, 1.165) is 25.7 Å². The molecule has 2 nitrogen and oxygen atoms in total. The van der Waals surface area contributed by atoms with E-state index in [4.69, 9.17) is 0 Å². The number of hydrogen-bond acceptors (Lipinski definition) is 2. The molecule has 1 aromatic rings. The normalized spacial score (nSPS) is 31.8. The Morgan fingerprint density at radius 1 is 1.10 bits per heavy atom. The SMILES string of the molecule is OCC1(NCC(F)(F)F)C2CCC1Cc1ccccc1C2. The molecule has 2 aliphatic carbocycles. The zero-order valence-corrected chi connectivity index (χ0v) is 11.8. The molecule has 1 fully saturated rings. The first-order chi connectivity index (χ1) is 9.94. The number of nitrogens with one attached hydrogen (secondary N) is 1. The molecule has 1 saturated carbocycles. The van der Waals surface area contributed by atoms with Crippen molar-refractivity contribution in [3.05, 3.63) is 35.4 Å². The molecule has 2 aliphatic rings. The largest absolute Gasteiger partial charge is 0.401 e. The molecule has 2 unspecified atom stereocenters. The zero-order valence-electron chi connectivity index (χ0n) is 11.8. The van der Waals surface area contributed by atoms with Crippen LogP contribution in [0.15, 0.2) is 24.3 Å². The van der Waals surface area contributed by atoms with E-state index in [0.29, 0.717) is 0 Å². The minimum atomic E-state index is -4.25. The van der Waals surface area contributed by atoms with Gasteiger partial charge in [-0.3, -0.25) is 0 Å². The predicted octanol–water partition coefficient (Wildman–Crippen LogP) is 2.69. The van der Waals surface area contributed by atoms with Crippen LogP contribution in [0.3, 0.4) is 0 Å². The summed E-state index contributed by atoms with van der Waals surface area (Å²) in [6.45, 7) is -1.26. The van der Waals surface area contributed by atoms with Gasteiger partial charge in [-0.25, -0.2) is 0 Å². The maximum Gasteiger partial charge on any atom is 0.401 e. The molecule has 0 amide bonds. The molecule has 0 heterocycles. The minimum Gasteiger partial charge on any atom is -0.394 e. The van der Waals surface area contributed by atoms with E-state index >= 15 is 0 Å². The molecule has 21 heavy (non-hydrogen) atoms. The van der Waals surface area contributed by atoms with E-state index in [-0.39, 0.29) is 18.4 Å². The summed E-state index contributed by atoms with van der Waals surface area (Å²) in [5.74, 6) is 0.136. The second kappa shape index (κ2) is 5.29. The monoisotopic (exact) mass is 299 g/mol. The first-order valence-corrected chi connectivity index (χ1v) is 7.44. The summed E-state index contributed by atoms with van der Waals surface area (Å²) in [6, 6.07) is 8.06. The van der Waals surface area contributed by atoms with Gasteiger partial charge >= 0.3 is 6.18 Å². The van der Waals surface area contributed by atoms with Crippen molar-refractivity contribution in [2.45, 2.75) is 37.4 Å². The molecule has 2 N–H and O–H groups in total. The lowest BCUT2D eigenvalue weighted by molar-refractivity contribution is -0.132. The smallest absolute Gasteiger partial charge is 0.394 e. The zero-order chi connectivity index (χ0) is 15.1.